The second-order valence-corrected chi connectivity index (χ2v) is 10.4. The Bertz CT molecular complexity index is 1620. The van der Waals surface area contributed by atoms with Crippen LogP contribution in [0.2, 0.25) is 10.0 Å². The number of aromatic nitrogens is 1. The second-order valence-electron chi connectivity index (χ2n) is 9.56. The molecule has 0 aliphatic carbocycles. The third-order valence-electron chi connectivity index (χ3n) is 6.94. The topological polar surface area (TPSA) is 126 Å². The van der Waals surface area contributed by atoms with Gasteiger partial charge in [-0.1, -0.05) is 23.2 Å². The third-order valence-corrected chi connectivity index (χ3v) is 7.48. The first kappa shape index (κ1) is 30.0. The molecule has 214 valence electrons. The fraction of sp³-hybridized carbons (Fsp3) is 0.286. The van der Waals surface area contributed by atoms with Gasteiger partial charge in [-0.3, -0.25) is 14.4 Å². The number of hydrogen-bond acceptors (Lipinski definition) is 5. The number of phenols is 1. The van der Waals surface area contributed by atoms with E-state index in [4.69, 9.17) is 23.2 Å². The van der Waals surface area contributed by atoms with Crippen LogP contribution in [0.15, 0.2) is 41.2 Å². The molecule has 0 bridgehead atoms. The molecule has 1 aliphatic heterocycles. The van der Waals surface area contributed by atoms with E-state index in [0.717, 1.165) is 18.2 Å². The molecule has 2 amide bonds. The molecule has 1 saturated heterocycles. The number of nitriles is 1. The van der Waals surface area contributed by atoms with Crippen LogP contribution in [0.5, 0.6) is 5.75 Å². The quantitative estimate of drug-likeness (QED) is 0.354. The Hall–Kier alpha value is -4.01. The molecular formula is C28H23Cl2F3N4O4. The lowest BCUT2D eigenvalue weighted by Crippen LogP contribution is -2.42. The summed E-state index contributed by atoms with van der Waals surface area (Å²) in [6.45, 7) is 2.28. The maximum Gasteiger partial charge on any atom is 0.416 e. The molecule has 2 aromatic carbocycles. The number of aromatic hydroxyl groups is 1. The molecule has 1 aliphatic rings. The lowest BCUT2D eigenvalue weighted by molar-refractivity contribution is -0.137. The molecule has 13 heteroatoms. The lowest BCUT2D eigenvalue weighted by atomic mass is 9.95. The van der Waals surface area contributed by atoms with Crippen LogP contribution < -0.4 is 10.9 Å². The molecule has 0 atom stereocenters. The summed E-state index contributed by atoms with van der Waals surface area (Å²) in [7, 11) is 0. The molecule has 1 aromatic heterocycles. The van der Waals surface area contributed by atoms with Crippen molar-refractivity contribution in [1.29, 1.82) is 5.26 Å². The lowest BCUT2D eigenvalue weighted by Gasteiger charge is -2.30. The number of H-pyrrole nitrogens is 1. The van der Waals surface area contributed by atoms with Crippen molar-refractivity contribution in [3.05, 3.63) is 73.5 Å². The van der Waals surface area contributed by atoms with Crippen LogP contribution in [0, 0.1) is 17.2 Å². The summed E-state index contributed by atoms with van der Waals surface area (Å²) in [5.41, 5.74) is -2.60. The number of halogens is 5. The summed E-state index contributed by atoms with van der Waals surface area (Å²) >= 11 is 12.5. The van der Waals surface area contributed by atoms with Crippen LogP contribution in [0.3, 0.4) is 0 Å². The molecule has 3 aromatic rings. The van der Waals surface area contributed by atoms with E-state index in [-0.39, 0.29) is 68.0 Å². The minimum Gasteiger partial charge on any atom is -0.507 e. The number of hydrogen-bond donors (Lipinski definition) is 3. The molecule has 8 nitrogen and oxygen atoms in total. The van der Waals surface area contributed by atoms with Crippen molar-refractivity contribution >= 4 is 35.0 Å². The predicted octanol–water partition coefficient (Wildman–Crippen LogP) is 5.49. The fourth-order valence-corrected chi connectivity index (χ4v) is 5.18. The SMILES string of the molecule is CC(=O)N1CCC(C(=O)NCc2cc(Cl)cc(-c3cc(-c4cc(C(F)(F)F)ccc4Cl)c(C#N)c(=O)[nH]3)c2O)CC1. The summed E-state index contributed by atoms with van der Waals surface area (Å²) in [6, 6.07) is 8.21. The zero-order valence-corrected chi connectivity index (χ0v) is 23.0. The summed E-state index contributed by atoms with van der Waals surface area (Å²) in [5, 5.41) is 23.4. The number of alkyl halides is 3. The largest absolute Gasteiger partial charge is 0.507 e. The predicted molar refractivity (Wildman–Crippen MR) is 146 cm³/mol. The number of rotatable bonds is 5. The standard InChI is InChI=1S/C28H23Cl2F3N4O4/c1-14(38)37-6-4-15(5-7-37)26(40)35-13-16-8-18(29)10-21(25(16)39)24-11-19(22(12-34)27(41)36-24)20-9-17(28(31,32)33)2-3-23(20)30/h2-3,8-11,15,39H,4-7,13H2,1H3,(H,35,40)(H,36,41). The van der Waals surface area contributed by atoms with Crippen molar-refractivity contribution in [1.82, 2.24) is 15.2 Å². The van der Waals surface area contributed by atoms with Crippen LogP contribution in [-0.2, 0) is 22.3 Å². The Morgan fingerprint density at radius 1 is 1.12 bits per heavy atom. The highest BCUT2D eigenvalue weighted by Gasteiger charge is 2.32. The number of aromatic amines is 1. The summed E-state index contributed by atoms with van der Waals surface area (Å²) in [5.74, 6) is -0.981. The molecule has 4 rings (SSSR count). The monoisotopic (exact) mass is 606 g/mol. The number of likely N-dealkylation sites (tertiary alicyclic amines) is 1. The summed E-state index contributed by atoms with van der Waals surface area (Å²) in [4.78, 5) is 41.2. The molecule has 3 N–H and O–H groups in total. The zero-order chi connectivity index (χ0) is 30.1. The van der Waals surface area contributed by atoms with Crippen molar-refractivity contribution in [2.75, 3.05) is 13.1 Å². The van der Waals surface area contributed by atoms with Gasteiger partial charge >= 0.3 is 6.18 Å². The number of piperidine rings is 1. The van der Waals surface area contributed by atoms with E-state index in [1.165, 1.54) is 25.1 Å². The Balaban J connectivity index is 1.68. The molecule has 0 unspecified atom stereocenters. The highest BCUT2D eigenvalue weighted by molar-refractivity contribution is 6.33. The third kappa shape index (κ3) is 6.50. The van der Waals surface area contributed by atoms with Crippen LogP contribution in [0.1, 0.15) is 36.5 Å². The Morgan fingerprint density at radius 3 is 2.41 bits per heavy atom. The smallest absolute Gasteiger partial charge is 0.416 e. The van der Waals surface area contributed by atoms with Gasteiger partial charge in [-0.25, -0.2) is 0 Å². The number of amides is 2. The van der Waals surface area contributed by atoms with Gasteiger partial charge in [0.2, 0.25) is 11.8 Å². The van der Waals surface area contributed by atoms with E-state index in [9.17, 15) is 37.9 Å². The van der Waals surface area contributed by atoms with E-state index in [1.807, 2.05) is 0 Å². The second kappa shape index (κ2) is 11.8. The summed E-state index contributed by atoms with van der Waals surface area (Å²) < 4.78 is 40.2. The number of benzene rings is 2. The van der Waals surface area contributed by atoms with E-state index in [2.05, 4.69) is 10.3 Å². The molecule has 41 heavy (non-hydrogen) atoms. The molecule has 1 fully saturated rings. The van der Waals surface area contributed by atoms with Gasteiger partial charge in [0.25, 0.3) is 5.56 Å². The van der Waals surface area contributed by atoms with Crippen LogP contribution >= 0.6 is 23.2 Å². The first-order valence-electron chi connectivity index (χ1n) is 12.4. The van der Waals surface area contributed by atoms with Crippen molar-refractivity contribution < 1.29 is 27.9 Å². The van der Waals surface area contributed by atoms with Crippen molar-refractivity contribution in [3.63, 3.8) is 0 Å². The van der Waals surface area contributed by atoms with Gasteiger partial charge in [-0.15, -0.1) is 0 Å². The minimum absolute atomic E-state index is 0.0162. The maximum absolute atomic E-state index is 13.4. The summed E-state index contributed by atoms with van der Waals surface area (Å²) in [6.07, 6.45) is -3.72. The van der Waals surface area contributed by atoms with Gasteiger partial charge in [-0.2, -0.15) is 18.4 Å². The highest BCUT2D eigenvalue weighted by atomic mass is 35.5. The van der Waals surface area contributed by atoms with Gasteiger partial charge in [0.1, 0.15) is 17.4 Å². The Kier molecular flexibility index (Phi) is 8.66. The van der Waals surface area contributed by atoms with Gasteiger partial charge in [0.15, 0.2) is 0 Å². The normalized spacial score (nSPS) is 14.0. The van der Waals surface area contributed by atoms with E-state index >= 15 is 0 Å². The average Bonchev–Trinajstić information content (AvgIpc) is 2.92. The molecule has 0 saturated carbocycles. The van der Waals surface area contributed by atoms with Crippen molar-refractivity contribution in [2.24, 2.45) is 5.92 Å². The first-order chi connectivity index (χ1) is 19.3. The Labute approximate surface area is 242 Å². The van der Waals surface area contributed by atoms with E-state index in [0.29, 0.717) is 25.9 Å². The van der Waals surface area contributed by atoms with Gasteiger partial charge in [-0.05, 0) is 49.2 Å². The van der Waals surface area contributed by atoms with Gasteiger partial charge < -0.3 is 20.3 Å². The number of pyridine rings is 1. The van der Waals surface area contributed by atoms with Crippen LogP contribution in [0.25, 0.3) is 22.4 Å². The number of nitrogens with one attached hydrogen (secondary N) is 2. The van der Waals surface area contributed by atoms with Crippen LogP contribution in [-0.4, -0.2) is 39.9 Å². The number of carbonyl (C=O) groups is 2. The Morgan fingerprint density at radius 2 is 1.80 bits per heavy atom. The molecule has 0 radical (unpaired) electrons. The maximum atomic E-state index is 13.4. The van der Waals surface area contributed by atoms with Gasteiger partial charge in [0, 0.05) is 64.8 Å². The highest BCUT2D eigenvalue weighted by Crippen LogP contribution is 2.39. The van der Waals surface area contributed by atoms with Crippen molar-refractivity contribution in [2.45, 2.75) is 32.5 Å². The van der Waals surface area contributed by atoms with E-state index < -0.39 is 22.9 Å². The minimum atomic E-state index is -4.70. The first-order valence-corrected chi connectivity index (χ1v) is 13.1. The number of carbonyl (C=O) groups excluding carboxylic acids is 2. The zero-order valence-electron chi connectivity index (χ0n) is 21.5. The average molecular weight is 607 g/mol. The van der Waals surface area contributed by atoms with E-state index in [1.54, 1.807) is 11.0 Å². The molecule has 2 heterocycles. The fourth-order valence-electron chi connectivity index (χ4n) is 4.72. The number of phenolic OH excluding ortho intramolecular Hbond substituents is 1. The number of nitrogens with zero attached hydrogens (tertiary/aromatic N) is 2. The molecule has 0 spiro atoms. The van der Waals surface area contributed by atoms with Crippen molar-refractivity contribution in [3.8, 4) is 34.2 Å². The van der Waals surface area contributed by atoms with Crippen LogP contribution in [0.4, 0.5) is 13.2 Å². The van der Waals surface area contributed by atoms with Gasteiger partial charge in [0.05, 0.1) is 11.3 Å². The molecular weight excluding hydrogens is 584 g/mol.